The zero-order chi connectivity index (χ0) is 14.4. The standard InChI is InChI=1S/C15H15IN2O2/c16-12-7-5-11(6-8-12)15(19)18-9-10-20-14-4-2-1-3-13(14)17/h1-8H,9-10,17H2,(H,18,19). The molecule has 0 spiro atoms. The second-order valence-corrected chi connectivity index (χ2v) is 5.39. The summed E-state index contributed by atoms with van der Waals surface area (Å²) in [6.07, 6.45) is 0. The topological polar surface area (TPSA) is 64.3 Å². The Morgan fingerprint density at radius 1 is 1.15 bits per heavy atom. The predicted molar refractivity (Wildman–Crippen MR) is 87.8 cm³/mol. The van der Waals surface area contributed by atoms with Crippen molar-refractivity contribution in [1.29, 1.82) is 0 Å². The molecule has 20 heavy (non-hydrogen) atoms. The largest absolute Gasteiger partial charge is 0.490 e. The van der Waals surface area contributed by atoms with E-state index in [-0.39, 0.29) is 5.91 Å². The monoisotopic (exact) mass is 382 g/mol. The minimum atomic E-state index is -0.106. The average molecular weight is 382 g/mol. The van der Waals surface area contributed by atoms with Gasteiger partial charge in [0.05, 0.1) is 12.2 Å². The second kappa shape index (κ2) is 7.14. The van der Waals surface area contributed by atoms with Crippen LogP contribution in [-0.4, -0.2) is 19.1 Å². The van der Waals surface area contributed by atoms with Crippen LogP contribution in [0.3, 0.4) is 0 Å². The van der Waals surface area contributed by atoms with E-state index in [1.54, 1.807) is 24.3 Å². The molecule has 0 fully saturated rings. The van der Waals surface area contributed by atoms with Crippen molar-refractivity contribution in [2.24, 2.45) is 0 Å². The van der Waals surface area contributed by atoms with Gasteiger partial charge in [0.1, 0.15) is 12.4 Å². The van der Waals surface area contributed by atoms with E-state index >= 15 is 0 Å². The van der Waals surface area contributed by atoms with Gasteiger partial charge in [0.2, 0.25) is 0 Å². The predicted octanol–water partition coefficient (Wildman–Crippen LogP) is 2.68. The van der Waals surface area contributed by atoms with E-state index < -0.39 is 0 Å². The molecule has 3 N–H and O–H groups in total. The van der Waals surface area contributed by atoms with Gasteiger partial charge in [0.15, 0.2) is 0 Å². The zero-order valence-electron chi connectivity index (χ0n) is 10.8. The fourth-order valence-electron chi connectivity index (χ4n) is 1.64. The van der Waals surface area contributed by atoms with Crippen LogP contribution >= 0.6 is 22.6 Å². The van der Waals surface area contributed by atoms with E-state index in [0.717, 1.165) is 3.57 Å². The molecule has 104 valence electrons. The number of hydrogen-bond acceptors (Lipinski definition) is 3. The number of para-hydroxylation sites is 2. The molecule has 4 nitrogen and oxygen atoms in total. The molecule has 0 atom stereocenters. The summed E-state index contributed by atoms with van der Waals surface area (Å²) in [6, 6.07) is 14.7. The van der Waals surface area contributed by atoms with Gasteiger partial charge in [-0.15, -0.1) is 0 Å². The van der Waals surface area contributed by atoms with Gasteiger partial charge in [-0.1, -0.05) is 12.1 Å². The second-order valence-electron chi connectivity index (χ2n) is 4.15. The van der Waals surface area contributed by atoms with Crippen LogP contribution in [-0.2, 0) is 0 Å². The number of carbonyl (C=O) groups excluding carboxylic acids is 1. The lowest BCUT2D eigenvalue weighted by Crippen LogP contribution is -2.28. The van der Waals surface area contributed by atoms with Gasteiger partial charge in [-0.05, 0) is 59.0 Å². The third-order valence-electron chi connectivity index (χ3n) is 2.67. The number of carbonyl (C=O) groups is 1. The number of amides is 1. The number of ether oxygens (including phenoxy) is 1. The fraction of sp³-hybridized carbons (Fsp3) is 0.133. The van der Waals surface area contributed by atoms with Crippen molar-refractivity contribution >= 4 is 34.2 Å². The van der Waals surface area contributed by atoms with Crippen LogP contribution in [0.5, 0.6) is 5.75 Å². The van der Waals surface area contributed by atoms with Gasteiger partial charge < -0.3 is 15.8 Å². The van der Waals surface area contributed by atoms with Gasteiger partial charge in [0.25, 0.3) is 5.91 Å². The lowest BCUT2D eigenvalue weighted by Gasteiger charge is -2.09. The van der Waals surface area contributed by atoms with Crippen molar-refractivity contribution in [1.82, 2.24) is 5.32 Å². The number of nitrogens with one attached hydrogen (secondary N) is 1. The van der Waals surface area contributed by atoms with Crippen LogP contribution in [0.1, 0.15) is 10.4 Å². The Morgan fingerprint density at radius 3 is 2.55 bits per heavy atom. The first kappa shape index (κ1) is 14.6. The summed E-state index contributed by atoms with van der Waals surface area (Å²) in [5, 5.41) is 2.80. The fourth-order valence-corrected chi connectivity index (χ4v) is 2.00. The molecule has 2 aromatic carbocycles. The van der Waals surface area contributed by atoms with E-state index in [2.05, 4.69) is 27.9 Å². The summed E-state index contributed by atoms with van der Waals surface area (Å²) < 4.78 is 6.60. The van der Waals surface area contributed by atoms with Crippen molar-refractivity contribution < 1.29 is 9.53 Å². The van der Waals surface area contributed by atoms with Gasteiger partial charge in [0, 0.05) is 9.13 Å². The Bertz CT molecular complexity index is 585. The molecule has 0 radical (unpaired) electrons. The SMILES string of the molecule is Nc1ccccc1OCCNC(=O)c1ccc(I)cc1. The number of hydrogen-bond donors (Lipinski definition) is 2. The third kappa shape index (κ3) is 4.12. The van der Waals surface area contributed by atoms with E-state index in [0.29, 0.717) is 30.2 Å². The minimum Gasteiger partial charge on any atom is -0.490 e. The van der Waals surface area contributed by atoms with Gasteiger partial charge in [-0.3, -0.25) is 4.79 Å². The number of nitrogens with two attached hydrogens (primary N) is 1. The van der Waals surface area contributed by atoms with Crippen LogP contribution in [0.25, 0.3) is 0 Å². The maximum absolute atomic E-state index is 11.8. The molecule has 1 amide bonds. The first-order chi connectivity index (χ1) is 9.66. The molecule has 0 saturated carbocycles. The summed E-state index contributed by atoms with van der Waals surface area (Å²) in [5.74, 6) is 0.530. The van der Waals surface area contributed by atoms with Crippen molar-refractivity contribution in [2.45, 2.75) is 0 Å². The maximum Gasteiger partial charge on any atom is 0.251 e. The molecule has 0 aliphatic rings. The quantitative estimate of drug-likeness (QED) is 0.475. The van der Waals surface area contributed by atoms with Crippen LogP contribution < -0.4 is 15.8 Å². The van der Waals surface area contributed by atoms with E-state index in [4.69, 9.17) is 10.5 Å². The van der Waals surface area contributed by atoms with Crippen molar-refractivity contribution in [3.05, 3.63) is 57.7 Å². The number of nitrogen functional groups attached to an aromatic ring is 1. The number of benzene rings is 2. The molecule has 0 bridgehead atoms. The van der Waals surface area contributed by atoms with Crippen LogP contribution in [0.15, 0.2) is 48.5 Å². The normalized spacial score (nSPS) is 10.1. The highest BCUT2D eigenvalue weighted by atomic mass is 127. The highest BCUT2D eigenvalue weighted by Crippen LogP contribution is 2.19. The molecule has 0 saturated heterocycles. The highest BCUT2D eigenvalue weighted by molar-refractivity contribution is 14.1. The number of rotatable bonds is 5. The van der Waals surface area contributed by atoms with E-state index in [1.165, 1.54) is 0 Å². The molecule has 0 aliphatic carbocycles. The summed E-state index contributed by atoms with van der Waals surface area (Å²) in [6.45, 7) is 0.809. The summed E-state index contributed by atoms with van der Waals surface area (Å²) in [5.41, 5.74) is 6.99. The molecule has 5 heteroatoms. The molecular formula is C15H15IN2O2. The Kier molecular flexibility index (Phi) is 5.23. The average Bonchev–Trinajstić information content (AvgIpc) is 2.46. The number of anilines is 1. The molecule has 0 aliphatic heterocycles. The van der Waals surface area contributed by atoms with Gasteiger partial charge >= 0.3 is 0 Å². The Balaban J connectivity index is 1.77. The Morgan fingerprint density at radius 2 is 1.85 bits per heavy atom. The molecule has 2 rings (SSSR count). The van der Waals surface area contributed by atoms with Crippen molar-refractivity contribution in [3.63, 3.8) is 0 Å². The van der Waals surface area contributed by atoms with E-state index in [9.17, 15) is 4.79 Å². The van der Waals surface area contributed by atoms with Gasteiger partial charge in [-0.25, -0.2) is 0 Å². The van der Waals surface area contributed by atoms with Crippen molar-refractivity contribution in [2.75, 3.05) is 18.9 Å². The molecular weight excluding hydrogens is 367 g/mol. The third-order valence-corrected chi connectivity index (χ3v) is 3.39. The lowest BCUT2D eigenvalue weighted by molar-refractivity contribution is 0.0947. The van der Waals surface area contributed by atoms with E-state index in [1.807, 2.05) is 24.3 Å². The van der Waals surface area contributed by atoms with Crippen LogP contribution in [0.4, 0.5) is 5.69 Å². The Labute approximate surface area is 131 Å². The first-order valence-electron chi connectivity index (χ1n) is 6.18. The first-order valence-corrected chi connectivity index (χ1v) is 7.26. The maximum atomic E-state index is 11.8. The van der Waals surface area contributed by atoms with Crippen molar-refractivity contribution in [3.8, 4) is 5.75 Å². The molecule has 0 unspecified atom stereocenters. The summed E-state index contributed by atoms with van der Waals surface area (Å²) >= 11 is 2.20. The molecule has 0 aromatic heterocycles. The lowest BCUT2D eigenvalue weighted by atomic mass is 10.2. The molecule has 2 aromatic rings. The van der Waals surface area contributed by atoms with Crippen LogP contribution in [0, 0.1) is 3.57 Å². The molecule has 0 heterocycles. The Hall–Kier alpha value is -1.76. The van der Waals surface area contributed by atoms with Crippen LogP contribution in [0.2, 0.25) is 0 Å². The minimum absolute atomic E-state index is 0.106. The highest BCUT2D eigenvalue weighted by Gasteiger charge is 2.04. The number of halogens is 1. The summed E-state index contributed by atoms with van der Waals surface area (Å²) in [7, 11) is 0. The zero-order valence-corrected chi connectivity index (χ0v) is 13.0. The summed E-state index contributed by atoms with van der Waals surface area (Å²) in [4.78, 5) is 11.8. The smallest absolute Gasteiger partial charge is 0.251 e. The van der Waals surface area contributed by atoms with Gasteiger partial charge in [-0.2, -0.15) is 0 Å².